The van der Waals surface area contributed by atoms with Gasteiger partial charge in [0.15, 0.2) is 0 Å². The normalized spacial score (nSPS) is 12.4. The Morgan fingerprint density at radius 3 is 2.45 bits per heavy atom. The van der Waals surface area contributed by atoms with Gasteiger partial charge in [-0.3, -0.25) is 14.9 Å². The van der Waals surface area contributed by atoms with Crippen molar-refractivity contribution in [3.63, 3.8) is 0 Å². The van der Waals surface area contributed by atoms with E-state index in [1.54, 1.807) is 60.4 Å². The standard InChI is InChI=1S/C21H20F3N3O2/c1-14(20(29)26-27-7-2-3-8-27)16-5-4-6-18(11-16)25-19-10-15(13-28)9-17(12-19)21(22,23)24/h2-12,14,25,28H,13H2,1H3,(H,26,29). The first kappa shape index (κ1) is 20.5. The first-order valence-corrected chi connectivity index (χ1v) is 8.89. The largest absolute Gasteiger partial charge is 0.416 e. The molecular weight excluding hydrogens is 383 g/mol. The molecule has 0 saturated heterocycles. The van der Waals surface area contributed by atoms with Gasteiger partial charge in [0.2, 0.25) is 5.91 Å². The molecule has 29 heavy (non-hydrogen) atoms. The van der Waals surface area contributed by atoms with Gasteiger partial charge < -0.3 is 10.4 Å². The zero-order valence-electron chi connectivity index (χ0n) is 15.6. The van der Waals surface area contributed by atoms with Crippen LogP contribution in [0.2, 0.25) is 0 Å². The Kier molecular flexibility index (Phi) is 5.93. The van der Waals surface area contributed by atoms with E-state index in [1.165, 1.54) is 6.07 Å². The lowest BCUT2D eigenvalue weighted by Crippen LogP contribution is -2.26. The Hall–Kier alpha value is -3.26. The van der Waals surface area contributed by atoms with Gasteiger partial charge in [-0.25, -0.2) is 0 Å². The lowest BCUT2D eigenvalue weighted by atomic mass is 10.00. The van der Waals surface area contributed by atoms with Crippen LogP contribution in [0.4, 0.5) is 24.5 Å². The van der Waals surface area contributed by atoms with E-state index in [0.717, 1.165) is 12.1 Å². The van der Waals surface area contributed by atoms with Gasteiger partial charge in [0.25, 0.3) is 0 Å². The van der Waals surface area contributed by atoms with Crippen LogP contribution in [-0.2, 0) is 17.6 Å². The molecule has 1 aromatic heterocycles. The van der Waals surface area contributed by atoms with Crippen LogP contribution in [0.3, 0.4) is 0 Å². The molecule has 1 atom stereocenters. The number of aromatic nitrogens is 1. The number of nitrogens with one attached hydrogen (secondary N) is 2. The number of anilines is 2. The number of aliphatic hydroxyl groups is 1. The van der Waals surface area contributed by atoms with Crippen molar-refractivity contribution >= 4 is 17.3 Å². The number of benzene rings is 2. The molecule has 1 unspecified atom stereocenters. The van der Waals surface area contributed by atoms with Crippen molar-refractivity contribution in [3.05, 3.63) is 83.7 Å². The van der Waals surface area contributed by atoms with E-state index in [2.05, 4.69) is 10.7 Å². The topological polar surface area (TPSA) is 66.3 Å². The molecule has 0 saturated carbocycles. The number of hydrogen-bond donors (Lipinski definition) is 3. The maximum atomic E-state index is 13.1. The highest BCUT2D eigenvalue weighted by Crippen LogP contribution is 2.33. The highest BCUT2D eigenvalue weighted by Gasteiger charge is 2.31. The molecule has 0 bridgehead atoms. The first-order valence-electron chi connectivity index (χ1n) is 8.89. The fourth-order valence-corrected chi connectivity index (χ4v) is 2.86. The molecular formula is C21H20F3N3O2. The van der Waals surface area contributed by atoms with Gasteiger partial charge >= 0.3 is 6.18 Å². The second kappa shape index (κ2) is 8.40. The number of alkyl halides is 3. The molecule has 0 fully saturated rings. The number of carbonyl (C=O) groups excluding carboxylic acids is 1. The molecule has 0 aliphatic heterocycles. The van der Waals surface area contributed by atoms with Crippen molar-refractivity contribution in [3.8, 4) is 0 Å². The van der Waals surface area contributed by atoms with Crippen LogP contribution in [0.25, 0.3) is 0 Å². The van der Waals surface area contributed by atoms with Gasteiger partial charge in [-0.15, -0.1) is 0 Å². The Balaban J connectivity index is 1.80. The predicted molar refractivity (Wildman–Crippen MR) is 104 cm³/mol. The van der Waals surface area contributed by atoms with Crippen molar-refractivity contribution in [1.29, 1.82) is 0 Å². The van der Waals surface area contributed by atoms with Crippen LogP contribution in [0.1, 0.15) is 29.5 Å². The van der Waals surface area contributed by atoms with E-state index in [0.29, 0.717) is 11.3 Å². The predicted octanol–water partition coefficient (Wildman–Crippen LogP) is 4.62. The van der Waals surface area contributed by atoms with Gasteiger partial charge in [-0.1, -0.05) is 12.1 Å². The van der Waals surface area contributed by atoms with Gasteiger partial charge in [0.05, 0.1) is 18.1 Å². The molecule has 0 radical (unpaired) electrons. The maximum absolute atomic E-state index is 13.1. The number of rotatable bonds is 6. The van der Waals surface area contributed by atoms with Crippen LogP contribution >= 0.6 is 0 Å². The number of carbonyl (C=O) groups is 1. The summed E-state index contributed by atoms with van der Waals surface area (Å²) in [7, 11) is 0. The van der Waals surface area contributed by atoms with Crippen LogP contribution in [0.5, 0.6) is 0 Å². The fraction of sp³-hybridized carbons (Fsp3) is 0.190. The van der Waals surface area contributed by atoms with Crippen molar-refractivity contribution in [2.75, 3.05) is 10.7 Å². The summed E-state index contributed by atoms with van der Waals surface area (Å²) in [6, 6.07) is 13.8. The lowest BCUT2D eigenvalue weighted by molar-refractivity contribution is -0.137. The highest BCUT2D eigenvalue weighted by molar-refractivity contribution is 5.90. The third-order valence-corrected chi connectivity index (χ3v) is 4.42. The van der Waals surface area contributed by atoms with Gasteiger partial charge in [0, 0.05) is 23.8 Å². The van der Waals surface area contributed by atoms with Gasteiger partial charge in [-0.05, 0) is 60.5 Å². The Morgan fingerprint density at radius 1 is 1.07 bits per heavy atom. The molecule has 0 aliphatic carbocycles. The molecule has 152 valence electrons. The van der Waals surface area contributed by atoms with Gasteiger partial charge in [0.1, 0.15) is 0 Å². The molecule has 8 heteroatoms. The first-order chi connectivity index (χ1) is 13.8. The molecule has 2 aromatic carbocycles. The SMILES string of the molecule is CC(C(=O)Nn1cccc1)c1cccc(Nc2cc(CO)cc(C(F)(F)F)c2)c1. The summed E-state index contributed by atoms with van der Waals surface area (Å²) in [5.41, 5.74) is 3.47. The van der Waals surface area contributed by atoms with E-state index in [9.17, 15) is 23.1 Å². The zero-order valence-corrected chi connectivity index (χ0v) is 15.6. The fourth-order valence-electron chi connectivity index (χ4n) is 2.86. The molecule has 3 rings (SSSR count). The highest BCUT2D eigenvalue weighted by atomic mass is 19.4. The quantitative estimate of drug-likeness (QED) is 0.563. The molecule has 5 nitrogen and oxygen atoms in total. The van der Waals surface area contributed by atoms with Crippen molar-refractivity contribution < 1.29 is 23.1 Å². The Bertz CT molecular complexity index is 985. The number of nitrogens with zero attached hydrogens (tertiary/aromatic N) is 1. The minimum Gasteiger partial charge on any atom is -0.392 e. The van der Waals surface area contributed by atoms with E-state index in [-0.39, 0.29) is 17.2 Å². The van der Waals surface area contributed by atoms with Crippen molar-refractivity contribution in [1.82, 2.24) is 4.68 Å². The Labute approximate surface area is 165 Å². The number of amides is 1. The van der Waals surface area contributed by atoms with E-state index >= 15 is 0 Å². The van der Waals surface area contributed by atoms with Crippen LogP contribution < -0.4 is 10.7 Å². The summed E-state index contributed by atoms with van der Waals surface area (Å²) in [4.78, 5) is 12.4. The third kappa shape index (κ3) is 5.17. The minimum absolute atomic E-state index is 0.151. The molecule has 1 heterocycles. The third-order valence-electron chi connectivity index (χ3n) is 4.42. The summed E-state index contributed by atoms with van der Waals surface area (Å²) < 4.78 is 40.8. The van der Waals surface area contributed by atoms with Crippen molar-refractivity contribution in [2.24, 2.45) is 0 Å². The smallest absolute Gasteiger partial charge is 0.392 e. The molecule has 3 N–H and O–H groups in total. The summed E-state index contributed by atoms with van der Waals surface area (Å²) >= 11 is 0. The lowest BCUT2D eigenvalue weighted by Gasteiger charge is -2.16. The molecule has 0 spiro atoms. The average Bonchev–Trinajstić information content (AvgIpc) is 3.19. The molecule has 1 amide bonds. The second-order valence-electron chi connectivity index (χ2n) is 6.61. The molecule has 3 aromatic rings. The summed E-state index contributed by atoms with van der Waals surface area (Å²) in [6.45, 7) is 1.24. The number of aliphatic hydroxyl groups excluding tert-OH is 1. The average molecular weight is 403 g/mol. The summed E-state index contributed by atoms with van der Waals surface area (Å²) in [5, 5.41) is 12.2. The monoisotopic (exact) mass is 403 g/mol. The zero-order chi connectivity index (χ0) is 21.0. The van der Waals surface area contributed by atoms with Crippen molar-refractivity contribution in [2.45, 2.75) is 25.6 Å². The number of halogens is 3. The second-order valence-corrected chi connectivity index (χ2v) is 6.61. The summed E-state index contributed by atoms with van der Waals surface area (Å²) in [6.07, 6.45) is -1.11. The molecule has 0 aliphatic rings. The minimum atomic E-state index is -4.52. The maximum Gasteiger partial charge on any atom is 0.416 e. The Morgan fingerprint density at radius 2 is 1.79 bits per heavy atom. The van der Waals surface area contributed by atoms with Crippen LogP contribution in [-0.4, -0.2) is 15.7 Å². The summed E-state index contributed by atoms with van der Waals surface area (Å²) in [5.74, 6) is -0.700. The van der Waals surface area contributed by atoms with Gasteiger partial charge in [-0.2, -0.15) is 13.2 Å². The van der Waals surface area contributed by atoms with E-state index in [4.69, 9.17) is 0 Å². The van der Waals surface area contributed by atoms with E-state index < -0.39 is 24.3 Å². The van der Waals surface area contributed by atoms with Crippen LogP contribution in [0, 0.1) is 0 Å². The number of hydrogen-bond acceptors (Lipinski definition) is 3. The van der Waals surface area contributed by atoms with Crippen LogP contribution in [0.15, 0.2) is 67.0 Å². The van der Waals surface area contributed by atoms with E-state index in [1.807, 2.05) is 0 Å².